The minimum atomic E-state index is -0.993. The zero-order valence-corrected chi connectivity index (χ0v) is 19.6. The third kappa shape index (κ3) is 4.82. The predicted octanol–water partition coefficient (Wildman–Crippen LogP) is 2.50. The number of aliphatic carboxylic acids is 1. The average molecular weight is 477 g/mol. The fraction of sp³-hybridized carbons (Fsp3) is 0.400. The molecule has 5 heterocycles. The molecule has 0 fully saturated rings. The molecule has 0 radical (unpaired) electrons. The van der Waals surface area contributed by atoms with Gasteiger partial charge in [0.2, 0.25) is 0 Å². The molecule has 0 bridgehead atoms. The summed E-state index contributed by atoms with van der Waals surface area (Å²) in [6, 6.07) is 5.68. The van der Waals surface area contributed by atoms with Crippen molar-refractivity contribution in [3.8, 4) is 6.01 Å². The molecular formula is C25H28N6O4. The molecule has 1 unspecified atom stereocenters. The van der Waals surface area contributed by atoms with Crippen LogP contribution in [0.4, 0.5) is 5.82 Å². The molecule has 35 heavy (non-hydrogen) atoms. The molecule has 0 saturated heterocycles. The second-order valence-corrected chi connectivity index (χ2v) is 8.88. The van der Waals surface area contributed by atoms with E-state index in [0.29, 0.717) is 24.3 Å². The lowest BCUT2D eigenvalue weighted by Gasteiger charge is -2.34. The van der Waals surface area contributed by atoms with Gasteiger partial charge in [-0.15, -0.1) is 0 Å². The summed E-state index contributed by atoms with van der Waals surface area (Å²) in [7, 11) is 1.46. The second-order valence-electron chi connectivity index (χ2n) is 8.88. The number of methoxy groups -OCH3 is 1. The lowest BCUT2D eigenvalue weighted by atomic mass is 10.0. The lowest BCUT2D eigenvalue weighted by molar-refractivity contribution is -0.138. The largest absolute Gasteiger partial charge is 0.481 e. The van der Waals surface area contributed by atoms with Crippen molar-refractivity contribution in [2.75, 3.05) is 25.5 Å². The van der Waals surface area contributed by atoms with Crippen molar-refractivity contribution in [3.63, 3.8) is 0 Å². The van der Waals surface area contributed by atoms with E-state index in [9.17, 15) is 14.7 Å². The first-order valence-corrected chi connectivity index (χ1v) is 11.8. The van der Waals surface area contributed by atoms with E-state index in [2.05, 4.69) is 27.4 Å². The molecule has 3 aromatic rings. The Labute approximate surface area is 203 Å². The molecule has 10 heteroatoms. The Morgan fingerprint density at radius 2 is 2.06 bits per heavy atom. The smallest absolute Gasteiger partial charge is 0.316 e. The normalized spacial score (nSPS) is 15.7. The Bertz CT molecular complexity index is 1240. The fourth-order valence-electron chi connectivity index (χ4n) is 4.79. The van der Waals surface area contributed by atoms with Gasteiger partial charge in [0.25, 0.3) is 5.91 Å². The van der Waals surface area contributed by atoms with Crippen LogP contribution in [0.5, 0.6) is 6.01 Å². The van der Waals surface area contributed by atoms with Crippen LogP contribution in [0, 0.1) is 0 Å². The van der Waals surface area contributed by atoms with E-state index in [4.69, 9.17) is 9.72 Å². The van der Waals surface area contributed by atoms with Crippen LogP contribution in [-0.2, 0) is 30.6 Å². The molecule has 2 aliphatic heterocycles. The van der Waals surface area contributed by atoms with Crippen LogP contribution in [0.15, 0.2) is 36.8 Å². The predicted molar refractivity (Wildman–Crippen MR) is 128 cm³/mol. The summed E-state index contributed by atoms with van der Waals surface area (Å²) < 4.78 is 6.95. The average Bonchev–Trinajstić information content (AvgIpc) is 3.30. The summed E-state index contributed by atoms with van der Waals surface area (Å²) in [5.74, 6) is -0.198. The van der Waals surface area contributed by atoms with Gasteiger partial charge in [-0.3, -0.25) is 9.59 Å². The van der Waals surface area contributed by atoms with Gasteiger partial charge in [-0.25, -0.2) is 15.0 Å². The number of aromatic nitrogens is 4. The monoisotopic (exact) mass is 476 g/mol. The van der Waals surface area contributed by atoms with E-state index in [0.717, 1.165) is 49.3 Å². The van der Waals surface area contributed by atoms with Crippen molar-refractivity contribution in [2.24, 2.45) is 0 Å². The molecule has 0 spiro atoms. The number of nitrogens with one attached hydrogen (secondary N) is 1. The number of fused-ring (bicyclic) bond motifs is 2. The minimum absolute atomic E-state index is 0.190. The highest BCUT2D eigenvalue weighted by Gasteiger charge is 2.33. The summed E-state index contributed by atoms with van der Waals surface area (Å²) in [4.78, 5) is 39.6. The molecule has 10 nitrogen and oxygen atoms in total. The van der Waals surface area contributed by atoms with Gasteiger partial charge >= 0.3 is 12.0 Å². The van der Waals surface area contributed by atoms with Crippen molar-refractivity contribution in [1.82, 2.24) is 24.4 Å². The van der Waals surface area contributed by atoms with E-state index in [1.807, 2.05) is 16.8 Å². The molecule has 0 aliphatic carbocycles. The molecule has 2 N–H and O–H groups in total. The van der Waals surface area contributed by atoms with Gasteiger partial charge in [0.1, 0.15) is 11.5 Å². The van der Waals surface area contributed by atoms with Crippen LogP contribution in [-0.4, -0.2) is 61.6 Å². The van der Waals surface area contributed by atoms with Gasteiger partial charge in [0.05, 0.1) is 19.6 Å². The number of anilines is 1. The first kappa shape index (κ1) is 22.8. The summed E-state index contributed by atoms with van der Waals surface area (Å²) in [5, 5.41) is 12.9. The topological polar surface area (TPSA) is 122 Å². The number of carbonyl (C=O) groups excluding carboxylic acids is 1. The van der Waals surface area contributed by atoms with E-state index in [1.165, 1.54) is 25.1 Å². The van der Waals surface area contributed by atoms with Crippen molar-refractivity contribution in [2.45, 2.75) is 44.7 Å². The second kappa shape index (κ2) is 9.73. The number of carboxylic acid groups (broad SMARTS) is 1. The summed E-state index contributed by atoms with van der Waals surface area (Å²) in [6.45, 7) is 1.96. The minimum Gasteiger partial charge on any atom is -0.481 e. The highest BCUT2D eigenvalue weighted by molar-refractivity contribution is 5.94. The quantitative estimate of drug-likeness (QED) is 0.509. The number of ether oxygens (including phenoxy) is 1. The van der Waals surface area contributed by atoms with Gasteiger partial charge < -0.3 is 24.6 Å². The molecular weight excluding hydrogens is 448 g/mol. The number of carbonyl (C=O) groups is 2. The maximum absolute atomic E-state index is 13.4. The third-order valence-corrected chi connectivity index (χ3v) is 6.60. The van der Waals surface area contributed by atoms with Gasteiger partial charge in [0, 0.05) is 49.5 Å². The number of hydrogen-bond donors (Lipinski definition) is 2. The highest BCUT2D eigenvalue weighted by Crippen LogP contribution is 2.29. The third-order valence-electron chi connectivity index (χ3n) is 6.60. The Balaban J connectivity index is 1.32. The van der Waals surface area contributed by atoms with Crippen LogP contribution >= 0.6 is 0 Å². The summed E-state index contributed by atoms with van der Waals surface area (Å²) in [5.41, 5.74) is 4.48. The summed E-state index contributed by atoms with van der Waals surface area (Å²) in [6.07, 6.45) is 8.57. The SMILES string of the molecule is COc1ncc(C(CC(=O)O)N2CCn3cc(CCc4ccc5c(n4)NCCC5)cc3C2=O)cn1. The standard InChI is InChI=1S/C25H28N6O4/c1-35-25-27-13-18(14-28-25)20(12-22(32)33)31-10-9-30-15-16(11-21(30)24(31)34)4-6-19-7-5-17-3-2-8-26-23(17)29-19/h5,7,11,13-15,20H,2-4,6,8-10,12H2,1H3,(H,26,29)(H,32,33). The highest BCUT2D eigenvalue weighted by atomic mass is 16.5. The molecule has 5 rings (SSSR count). The van der Waals surface area contributed by atoms with Crippen LogP contribution in [0.25, 0.3) is 0 Å². The maximum atomic E-state index is 13.4. The molecule has 0 aromatic carbocycles. The van der Waals surface area contributed by atoms with Gasteiger partial charge in [-0.1, -0.05) is 6.07 Å². The molecule has 0 saturated carbocycles. The first-order valence-electron chi connectivity index (χ1n) is 11.8. The van der Waals surface area contributed by atoms with Crippen LogP contribution < -0.4 is 10.1 Å². The van der Waals surface area contributed by atoms with Crippen LogP contribution in [0.1, 0.15) is 51.8 Å². The molecule has 182 valence electrons. The van der Waals surface area contributed by atoms with Crippen molar-refractivity contribution in [3.05, 3.63) is 64.9 Å². The molecule has 3 aromatic heterocycles. The lowest BCUT2D eigenvalue weighted by Crippen LogP contribution is -2.43. The molecule has 1 amide bonds. The number of carboxylic acids is 1. The number of hydrogen-bond acceptors (Lipinski definition) is 7. The molecule has 1 atom stereocenters. The van der Waals surface area contributed by atoms with Gasteiger partial charge in [-0.05, 0) is 48.9 Å². The van der Waals surface area contributed by atoms with E-state index in [1.54, 1.807) is 4.90 Å². The summed E-state index contributed by atoms with van der Waals surface area (Å²) >= 11 is 0. The van der Waals surface area contributed by atoms with Gasteiger partial charge in [-0.2, -0.15) is 0 Å². The zero-order chi connectivity index (χ0) is 24.4. The Kier molecular flexibility index (Phi) is 6.35. The van der Waals surface area contributed by atoms with E-state index in [-0.39, 0.29) is 18.3 Å². The number of nitrogens with zero attached hydrogens (tertiary/aromatic N) is 5. The maximum Gasteiger partial charge on any atom is 0.316 e. The molecule has 2 aliphatic rings. The number of pyridine rings is 1. The number of amides is 1. The van der Waals surface area contributed by atoms with E-state index >= 15 is 0 Å². The number of rotatable bonds is 8. The van der Waals surface area contributed by atoms with Crippen LogP contribution in [0.3, 0.4) is 0 Å². The fourth-order valence-corrected chi connectivity index (χ4v) is 4.79. The van der Waals surface area contributed by atoms with Crippen molar-refractivity contribution >= 4 is 17.7 Å². The van der Waals surface area contributed by atoms with Crippen LogP contribution in [0.2, 0.25) is 0 Å². The number of aryl methyl sites for hydroxylation is 3. The Morgan fingerprint density at radius 3 is 2.83 bits per heavy atom. The zero-order valence-electron chi connectivity index (χ0n) is 19.6. The Morgan fingerprint density at radius 1 is 1.23 bits per heavy atom. The van der Waals surface area contributed by atoms with E-state index < -0.39 is 12.0 Å². The Hall–Kier alpha value is -3.95. The first-order chi connectivity index (χ1) is 17.0. The van der Waals surface area contributed by atoms with Crippen molar-refractivity contribution in [1.29, 1.82) is 0 Å². The van der Waals surface area contributed by atoms with Gasteiger partial charge in [0.15, 0.2) is 0 Å². The van der Waals surface area contributed by atoms with Crippen molar-refractivity contribution < 1.29 is 19.4 Å².